The van der Waals surface area contributed by atoms with Gasteiger partial charge in [-0.2, -0.15) is 0 Å². The van der Waals surface area contributed by atoms with Crippen molar-refractivity contribution >= 4 is 11.8 Å². The molecule has 0 saturated carbocycles. The predicted molar refractivity (Wildman–Crippen MR) is 67.3 cm³/mol. The van der Waals surface area contributed by atoms with Crippen LogP contribution in [0.4, 0.5) is 0 Å². The van der Waals surface area contributed by atoms with Crippen LogP contribution in [0.15, 0.2) is 0 Å². The van der Waals surface area contributed by atoms with Crippen LogP contribution in [0.25, 0.3) is 0 Å². The SMILES string of the molecule is CCC(=O)C(CCN1CCOCC1)CC(=O)OC. The fourth-order valence-electron chi connectivity index (χ4n) is 2.11. The Labute approximate surface area is 108 Å². The van der Waals surface area contributed by atoms with Gasteiger partial charge in [0.25, 0.3) is 0 Å². The molecule has 0 aromatic rings. The summed E-state index contributed by atoms with van der Waals surface area (Å²) in [6, 6.07) is 0. The minimum absolute atomic E-state index is 0.147. The molecule has 0 N–H and O–H groups in total. The number of morpholine rings is 1. The number of rotatable bonds is 7. The molecule has 0 aliphatic carbocycles. The minimum Gasteiger partial charge on any atom is -0.469 e. The molecule has 1 saturated heterocycles. The Morgan fingerprint density at radius 1 is 1.33 bits per heavy atom. The topological polar surface area (TPSA) is 55.8 Å². The molecule has 1 atom stereocenters. The van der Waals surface area contributed by atoms with Gasteiger partial charge in [0.1, 0.15) is 5.78 Å². The molecule has 5 heteroatoms. The number of hydrogen-bond acceptors (Lipinski definition) is 5. The Morgan fingerprint density at radius 3 is 2.56 bits per heavy atom. The largest absolute Gasteiger partial charge is 0.469 e. The summed E-state index contributed by atoms with van der Waals surface area (Å²) in [6.07, 6.45) is 1.40. The molecule has 1 aliphatic heterocycles. The second-order valence-electron chi connectivity index (χ2n) is 4.54. The average molecular weight is 257 g/mol. The van der Waals surface area contributed by atoms with E-state index in [2.05, 4.69) is 9.64 Å². The lowest BCUT2D eigenvalue weighted by molar-refractivity contribution is -0.144. The third-order valence-corrected chi connectivity index (χ3v) is 3.34. The van der Waals surface area contributed by atoms with E-state index in [1.165, 1.54) is 7.11 Å². The lowest BCUT2D eigenvalue weighted by Crippen LogP contribution is -2.38. The molecule has 104 valence electrons. The van der Waals surface area contributed by atoms with Gasteiger partial charge in [-0.25, -0.2) is 0 Å². The van der Waals surface area contributed by atoms with E-state index in [1.54, 1.807) is 0 Å². The maximum absolute atomic E-state index is 11.8. The van der Waals surface area contributed by atoms with Crippen LogP contribution < -0.4 is 0 Å². The lowest BCUT2D eigenvalue weighted by Gasteiger charge is -2.27. The molecule has 1 rings (SSSR count). The molecule has 0 aromatic heterocycles. The summed E-state index contributed by atoms with van der Waals surface area (Å²) in [6.45, 7) is 6.00. The van der Waals surface area contributed by atoms with E-state index in [9.17, 15) is 9.59 Å². The molecule has 0 amide bonds. The highest BCUT2D eigenvalue weighted by Crippen LogP contribution is 2.14. The van der Waals surface area contributed by atoms with Crippen LogP contribution in [0.1, 0.15) is 26.2 Å². The van der Waals surface area contributed by atoms with Crippen LogP contribution >= 0.6 is 0 Å². The van der Waals surface area contributed by atoms with Crippen molar-refractivity contribution in [3.05, 3.63) is 0 Å². The highest BCUT2D eigenvalue weighted by molar-refractivity contribution is 5.85. The number of methoxy groups -OCH3 is 1. The number of hydrogen-bond donors (Lipinski definition) is 0. The number of ether oxygens (including phenoxy) is 2. The molecular weight excluding hydrogens is 234 g/mol. The van der Waals surface area contributed by atoms with Gasteiger partial charge < -0.3 is 9.47 Å². The van der Waals surface area contributed by atoms with Gasteiger partial charge in [0.2, 0.25) is 0 Å². The van der Waals surface area contributed by atoms with Crippen LogP contribution in [-0.2, 0) is 19.1 Å². The van der Waals surface area contributed by atoms with E-state index in [0.717, 1.165) is 39.3 Å². The summed E-state index contributed by atoms with van der Waals surface area (Å²) in [4.78, 5) is 25.3. The van der Waals surface area contributed by atoms with E-state index in [4.69, 9.17) is 4.74 Å². The quantitative estimate of drug-likeness (QED) is 0.633. The first-order valence-electron chi connectivity index (χ1n) is 6.57. The first kappa shape index (κ1) is 15.1. The standard InChI is InChI=1S/C13H23NO4/c1-3-12(15)11(10-13(16)17-2)4-5-14-6-8-18-9-7-14/h11H,3-10H2,1-2H3. The fraction of sp³-hybridized carbons (Fsp3) is 0.846. The molecule has 18 heavy (non-hydrogen) atoms. The Balaban J connectivity index is 2.39. The van der Waals surface area contributed by atoms with Crippen molar-refractivity contribution in [3.63, 3.8) is 0 Å². The third kappa shape index (κ3) is 5.14. The lowest BCUT2D eigenvalue weighted by atomic mass is 9.94. The monoisotopic (exact) mass is 257 g/mol. The molecule has 5 nitrogen and oxygen atoms in total. The Hall–Kier alpha value is -0.940. The normalized spacial score (nSPS) is 18.3. The van der Waals surface area contributed by atoms with Gasteiger partial charge in [-0.05, 0) is 13.0 Å². The molecular formula is C13H23NO4. The van der Waals surface area contributed by atoms with E-state index < -0.39 is 0 Å². The first-order valence-corrected chi connectivity index (χ1v) is 6.57. The van der Waals surface area contributed by atoms with Gasteiger partial charge in [0.15, 0.2) is 0 Å². The highest BCUT2D eigenvalue weighted by atomic mass is 16.5. The summed E-state index contributed by atoms with van der Waals surface area (Å²) in [5.74, 6) is -0.359. The summed E-state index contributed by atoms with van der Waals surface area (Å²) in [5.41, 5.74) is 0. The van der Waals surface area contributed by atoms with Crippen molar-refractivity contribution in [1.29, 1.82) is 0 Å². The zero-order valence-electron chi connectivity index (χ0n) is 11.3. The molecule has 1 aliphatic rings. The molecule has 1 heterocycles. The Bertz CT molecular complexity index is 274. The maximum atomic E-state index is 11.8. The summed E-state index contributed by atoms with van der Waals surface area (Å²) >= 11 is 0. The third-order valence-electron chi connectivity index (χ3n) is 3.34. The molecule has 0 aromatic carbocycles. The number of carbonyl (C=O) groups is 2. The van der Waals surface area contributed by atoms with Gasteiger partial charge in [-0.3, -0.25) is 14.5 Å². The number of Topliss-reactive ketones (excluding diaryl/α,β-unsaturated/α-hetero) is 1. The van der Waals surface area contributed by atoms with Crippen LogP contribution in [0, 0.1) is 5.92 Å². The predicted octanol–water partition coefficient (Wildman–Crippen LogP) is 0.867. The van der Waals surface area contributed by atoms with Gasteiger partial charge >= 0.3 is 5.97 Å². The van der Waals surface area contributed by atoms with Gasteiger partial charge in [-0.15, -0.1) is 0 Å². The van der Waals surface area contributed by atoms with Crippen molar-refractivity contribution < 1.29 is 19.1 Å². The van der Waals surface area contributed by atoms with Gasteiger partial charge in [-0.1, -0.05) is 6.92 Å². The zero-order chi connectivity index (χ0) is 13.4. The highest BCUT2D eigenvalue weighted by Gasteiger charge is 2.22. The average Bonchev–Trinajstić information content (AvgIpc) is 2.43. The van der Waals surface area contributed by atoms with Crippen molar-refractivity contribution in [2.45, 2.75) is 26.2 Å². The first-order chi connectivity index (χ1) is 8.67. The Kier molecular flexibility index (Phi) is 6.90. The van der Waals surface area contributed by atoms with E-state index >= 15 is 0 Å². The van der Waals surface area contributed by atoms with Gasteiger partial charge in [0.05, 0.1) is 26.7 Å². The molecule has 1 unspecified atom stereocenters. The Morgan fingerprint density at radius 2 is 2.00 bits per heavy atom. The molecule has 0 spiro atoms. The number of nitrogens with zero attached hydrogens (tertiary/aromatic N) is 1. The second kappa shape index (κ2) is 8.21. The molecule has 1 fully saturated rings. The van der Waals surface area contributed by atoms with Crippen LogP contribution in [-0.4, -0.2) is 56.6 Å². The van der Waals surface area contributed by atoms with Gasteiger partial charge in [0, 0.05) is 25.4 Å². The van der Waals surface area contributed by atoms with E-state index in [-0.39, 0.29) is 24.1 Å². The minimum atomic E-state index is -0.302. The summed E-state index contributed by atoms with van der Waals surface area (Å²) in [5, 5.41) is 0. The van der Waals surface area contributed by atoms with Crippen molar-refractivity contribution in [1.82, 2.24) is 4.90 Å². The van der Waals surface area contributed by atoms with Crippen LogP contribution in [0.2, 0.25) is 0 Å². The summed E-state index contributed by atoms with van der Waals surface area (Å²) < 4.78 is 9.92. The molecule has 0 bridgehead atoms. The zero-order valence-corrected chi connectivity index (χ0v) is 11.3. The second-order valence-corrected chi connectivity index (χ2v) is 4.54. The van der Waals surface area contributed by atoms with Crippen molar-refractivity contribution in [2.24, 2.45) is 5.92 Å². The summed E-state index contributed by atoms with van der Waals surface area (Å²) in [7, 11) is 1.36. The van der Waals surface area contributed by atoms with Crippen molar-refractivity contribution in [2.75, 3.05) is 40.0 Å². The number of ketones is 1. The van der Waals surface area contributed by atoms with E-state index in [0.29, 0.717) is 6.42 Å². The number of esters is 1. The van der Waals surface area contributed by atoms with Crippen LogP contribution in [0.3, 0.4) is 0 Å². The maximum Gasteiger partial charge on any atom is 0.306 e. The van der Waals surface area contributed by atoms with Crippen LogP contribution in [0.5, 0.6) is 0 Å². The van der Waals surface area contributed by atoms with E-state index in [1.807, 2.05) is 6.92 Å². The smallest absolute Gasteiger partial charge is 0.306 e. The molecule has 0 radical (unpaired) electrons. The fourth-order valence-corrected chi connectivity index (χ4v) is 2.11. The number of carbonyl (C=O) groups excluding carboxylic acids is 2. The van der Waals surface area contributed by atoms with Crippen molar-refractivity contribution in [3.8, 4) is 0 Å².